The van der Waals surface area contributed by atoms with Crippen molar-refractivity contribution in [3.63, 3.8) is 0 Å². The molecule has 0 amide bonds. The largest absolute Gasteiger partial charge is 0.491 e. The van der Waals surface area contributed by atoms with E-state index in [0.29, 0.717) is 24.7 Å². The number of nitrogens with two attached hydrogens (primary N) is 1. The van der Waals surface area contributed by atoms with Gasteiger partial charge in [-0.25, -0.2) is 9.98 Å². The van der Waals surface area contributed by atoms with Crippen LogP contribution in [0.25, 0.3) is 22.5 Å². The van der Waals surface area contributed by atoms with Crippen molar-refractivity contribution < 1.29 is 4.74 Å². The zero-order valence-corrected chi connectivity index (χ0v) is 17.7. The molecule has 30 heavy (non-hydrogen) atoms. The molecule has 2 N–H and O–H groups in total. The van der Waals surface area contributed by atoms with Crippen molar-refractivity contribution in [1.29, 1.82) is 0 Å². The van der Waals surface area contributed by atoms with E-state index in [1.54, 1.807) is 0 Å². The molecule has 0 radical (unpaired) electrons. The van der Waals surface area contributed by atoms with Gasteiger partial charge in [0.1, 0.15) is 23.9 Å². The molecular weight excluding hydrogens is 374 g/mol. The highest BCUT2D eigenvalue weighted by Crippen LogP contribution is 2.36. The number of fused-ring (bicyclic) bond motifs is 3. The average molecular weight is 402 g/mol. The number of nitrogens with zero attached hydrogens (tertiary/aromatic N) is 4. The van der Waals surface area contributed by atoms with Crippen LogP contribution in [0.15, 0.2) is 58.6 Å². The van der Waals surface area contributed by atoms with Gasteiger partial charge in [0.2, 0.25) is 0 Å². The molecule has 3 aromatic rings. The number of ether oxygens (including phenoxy) is 1. The van der Waals surface area contributed by atoms with E-state index in [9.17, 15) is 0 Å². The first-order chi connectivity index (χ1) is 14.6. The summed E-state index contributed by atoms with van der Waals surface area (Å²) >= 11 is 0. The molecule has 2 aromatic carbocycles. The molecule has 4 rings (SSSR count). The fourth-order valence-corrected chi connectivity index (χ4v) is 3.75. The molecule has 0 spiro atoms. The third-order valence-electron chi connectivity index (χ3n) is 5.10. The maximum absolute atomic E-state index is 6.10. The summed E-state index contributed by atoms with van der Waals surface area (Å²) in [7, 11) is 0. The zero-order chi connectivity index (χ0) is 21.1. The molecule has 2 heterocycles. The van der Waals surface area contributed by atoms with Crippen LogP contribution in [-0.2, 0) is 13.0 Å². The first kappa shape index (κ1) is 19.9. The van der Waals surface area contributed by atoms with Gasteiger partial charge in [0.05, 0.1) is 18.4 Å². The fraction of sp³-hybridized carbons (Fsp3) is 0.292. The molecule has 1 aliphatic heterocycles. The van der Waals surface area contributed by atoms with Crippen molar-refractivity contribution in [3.8, 4) is 28.3 Å². The smallest absolute Gasteiger partial charge is 0.176 e. The van der Waals surface area contributed by atoms with E-state index in [1.807, 2.05) is 20.0 Å². The summed E-state index contributed by atoms with van der Waals surface area (Å²) in [4.78, 5) is 13.6. The van der Waals surface area contributed by atoms with Crippen LogP contribution in [0.3, 0.4) is 0 Å². The van der Waals surface area contributed by atoms with Crippen LogP contribution < -0.4 is 10.5 Å². The molecule has 0 unspecified atom stereocenters. The van der Waals surface area contributed by atoms with Crippen molar-refractivity contribution in [3.05, 3.63) is 59.9 Å². The minimum atomic E-state index is 0.0991. The highest BCUT2D eigenvalue weighted by Gasteiger charge is 2.21. The summed E-state index contributed by atoms with van der Waals surface area (Å²) in [6.45, 7) is 7.47. The van der Waals surface area contributed by atoms with Crippen LogP contribution in [0.5, 0.6) is 5.75 Å². The molecule has 6 nitrogen and oxygen atoms in total. The Labute approximate surface area is 177 Å². The second-order valence-electron chi connectivity index (χ2n) is 7.54. The third kappa shape index (κ3) is 3.85. The van der Waals surface area contributed by atoms with Gasteiger partial charge in [0, 0.05) is 12.2 Å². The lowest BCUT2D eigenvalue weighted by Crippen LogP contribution is -2.07. The fourth-order valence-electron chi connectivity index (χ4n) is 3.75. The van der Waals surface area contributed by atoms with E-state index in [2.05, 4.69) is 63.9 Å². The van der Waals surface area contributed by atoms with Crippen molar-refractivity contribution >= 4 is 12.2 Å². The first-order valence-electron chi connectivity index (χ1n) is 10.4. The second-order valence-corrected chi connectivity index (χ2v) is 7.54. The Morgan fingerprint density at radius 3 is 2.83 bits per heavy atom. The number of amidine groups is 1. The van der Waals surface area contributed by atoms with Crippen LogP contribution >= 0.6 is 0 Å². The number of benzene rings is 2. The van der Waals surface area contributed by atoms with Gasteiger partial charge in [-0.15, -0.1) is 0 Å². The molecule has 0 saturated carbocycles. The SMILES string of the molecule is CCc1ccccc1-c1ccc2c(c1)OCCn1cc(C(N=CN)=NC(C)C)nc1-2. The lowest BCUT2D eigenvalue weighted by molar-refractivity contribution is 0.307. The van der Waals surface area contributed by atoms with E-state index in [4.69, 9.17) is 15.5 Å². The number of rotatable bonds is 4. The van der Waals surface area contributed by atoms with Gasteiger partial charge in [-0.1, -0.05) is 37.3 Å². The summed E-state index contributed by atoms with van der Waals surface area (Å²) in [5.74, 6) is 2.25. The summed E-state index contributed by atoms with van der Waals surface area (Å²) < 4.78 is 8.20. The van der Waals surface area contributed by atoms with Gasteiger partial charge in [-0.3, -0.25) is 4.99 Å². The Balaban J connectivity index is 1.79. The second kappa shape index (κ2) is 8.53. The normalized spacial score (nSPS) is 13.8. The summed E-state index contributed by atoms with van der Waals surface area (Å²) in [6, 6.07) is 15.0. The standard InChI is InChI=1S/C24H27N5O/c1-4-17-7-5-6-8-19(17)18-9-10-20-22(13-18)30-12-11-29-14-21(28-24(20)29)23(26-15-25)27-16(2)3/h5-10,13-16H,4,11-12H2,1-3H3,(H2,25,26,27). The van der Waals surface area contributed by atoms with Gasteiger partial charge in [0.15, 0.2) is 5.84 Å². The predicted octanol–water partition coefficient (Wildman–Crippen LogP) is 4.31. The Morgan fingerprint density at radius 1 is 1.23 bits per heavy atom. The first-order valence-corrected chi connectivity index (χ1v) is 10.4. The van der Waals surface area contributed by atoms with Crippen LogP contribution in [0, 0.1) is 0 Å². The monoisotopic (exact) mass is 401 g/mol. The number of aliphatic imine (C=N–C) groups is 2. The molecule has 1 aliphatic rings. The molecule has 1 aromatic heterocycles. The van der Waals surface area contributed by atoms with Crippen molar-refractivity contribution in [1.82, 2.24) is 9.55 Å². The van der Waals surface area contributed by atoms with E-state index < -0.39 is 0 Å². The van der Waals surface area contributed by atoms with E-state index >= 15 is 0 Å². The Kier molecular flexibility index (Phi) is 5.65. The van der Waals surface area contributed by atoms with Gasteiger partial charge in [0.25, 0.3) is 0 Å². The van der Waals surface area contributed by atoms with Crippen molar-refractivity contribution in [2.24, 2.45) is 15.7 Å². The molecule has 0 bridgehead atoms. The molecule has 0 atom stereocenters. The van der Waals surface area contributed by atoms with Crippen molar-refractivity contribution in [2.45, 2.75) is 39.8 Å². The van der Waals surface area contributed by atoms with E-state index in [0.717, 1.165) is 29.1 Å². The Bertz CT molecular complexity index is 1110. The molecule has 0 saturated heterocycles. The molecule has 0 fully saturated rings. The molecular formula is C24H27N5O. The topological polar surface area (TPSA) is 77.8 Å². The quantitative estimate of drug-likeness (QED) is 0.523. The number of aryl methyl sites for hydroxylation is 1. The highest BCUT2D eigenvalue weighted by atomic mass is 16.5. The maximum atomic E-state index is 6.10. The number of hydrogen-bond acceptors (Lipinski definition) is 3. The zero-order valence-electron chi connectivity index (χ0n) is 17.7. The van der Waals surface area contributed by atoms with Gasteiger partial charge in [-0.2, -0.15) is 0 Å². The van der Waals surface area contributed by atoms with Crippen LogP contribution in [0.4, 0.5) is 0 Å². The molecule has 6 heteroatoms. The lowest BCUT2D eigenvalue weighted by atomic mass is 9.97. The highest BCUT2D eigenvalue weighted by molar-refractivity contribution is 6.01. The minimum absolute atomic E-state index is 0.0991. The maximum Gasteiger partial charge on any atom is 0.176 e. The van der Waals surface area contributed by atoms with Crippen LogP contribution in [0.1, 0.15) is 32.0 Å². The Morgan fingerprint density at radius 2 is 2.07 bits per heavy atom. The van der Waals surface area contributed by atoms with E-state index in [1.165, 1.54) is 17.5 Å². The molecule has 154 valence electrons. The number of aromatic nitrogens is 2. The Hall–Kier alpha value is -3.41. The van der Waals surface area contributed by atoms with Gasteiger partial charge < -0.3 is 15.0 Å². The van der Waals surface area contributed by atoms with Gasteiger partial charge in [-0.05, 0) is 49.1 Å². The lowest BCUT2D eigenvalue weighted by Gasteiger charge is -2.12. The summed E-state index contributed by atoms with van der Waals surface area (Å²) in [5, 5.41) is 0. The van der Waals surface area contributed by atoms with Crippen LogP contribution in [0.2, 0.25) is 0 Å². The average Bonchev–Trinajstić information content (AvgIpc) is 3.09. The minimum Gasteiger partial charge on any atom is -0.491 e. The number of hydrogen-bond donors (Lipinski definition) is 1. The van der Waals surface area contributed by atoms with E-state index in [-0.39, 0.29) is 6.04 Å². The number of imidazole rings is 1. The summed E-state index contributed by atoms with van der Waals surface area (Å²) in [6.07, 6.45) is 4.23. The molecule has 0 aliphatic carbocycles. The third-order valence-corrected chi connectivity index (χ3v) is 5.10. The summed E-state index contributed by atoms with van der Waals surface area (Å²) in [5.41, 5.74) is 10.9. The van der Waals surface area contributed by atoms with Crippen molar-refractivity contribution in [2.75, 3.05) is 6.61 Å². The predicted molar refractivity (Wildman–Crippen MR) is 122 cm³/mol. The van der Waals surface area contributed by atoms with Crippen LogP contribution in [-0.4, -0.2) is 34.4 Å². The van der Waals surface area contributed by atoms with Gasteiger partial charge >= 0.3 is 0 Å².